The highest BCUT2D eigenvalue weighted by Gasteiger charge is 2.33. The van der Waals surface area contributed by atoms with Crippen LogP contribution in [0.15, 0.2) is 54.7 Å². The molecule has 0 spiro atoms. The number of aliphatic hydroxyl groups is 1. The van der Waals surface area contributed by atoms with E-state index in [0.717, 1.165) is 18.2 Å². The van der Waals surface area contributed by atoms with Crippen molar-refractivity contribution in [2.75, 3.05) is 6.54 Å². The second-order valence-corrected chi connectivity index (χ2v) is 7.89. The van der Waals surface area contributed by atoms with Crippen molar-refractivity contribution in [3.63, 3.8) is 0 Å². The summed E-state index contributed by atoms with van der Waals surface area (Å²) in [6, 6.07) is 15.2. The second kappa shape index (κ2) is 12.2. The van der Waals surface area contributed by atoms with Gasteiger partial charge in [-0.1, -0.05) is 36.4 Å². The van der Waals surface area contributed by atoms with Gasteiger partial charge in [-0.2, -0.15) is 0 Å². The van der Waals surface area contributed by atoms with Crippen molar-refractivity contribution >= 4 is 11.8 Å². The number of pyridine rings is 1. The molecule has 7 heteroatoms. The van der Waals surface area contributed by atoms with E-state index in [0.29, 0.717) is 19.4 Å². The fraction of sp³-hybridized carbons (Fsp3) is 0.417. The summed E-state index contributed by atoms with van der Waals surface area (Å²) in [6.07, 6.45) is 3.73. The van der Waals surface area contributed by atoms with Crippen LogP contribution in [0.5, 0.6) is 0 Å². The van der Waals surface area contributed by atoms with Crippen LogP contribution in [0.4, 0.5) is 4.39 Å². The van der Waals surface area contributed by atoms with Crippen LogP contribution < -0.4 is 11.1 Å². The zero-order valence-corrected chi connectivity index (χ0v) is 17.8. The monoisotopic (exact) mass is 428 g/mol. The zero-order valence-electron chi connectivity index (χ0n) is 17.8. The number of nitrogens with two attached hydrogens (primary N) is 1. The molecular weight excluding hydrogens is 397 g/mol. The Labute approximate surface area is 183 Å². The molecule has 167 valence electrons. The standard InChI is InChI=1S/C24H31FN3O3/c1-24(25,23(26)31)14-12-19(17-21(29)11-10-18-7-3-2-4-8-18)22(30)28-16-13-20-9-5-6-15-27-20/h2-9,11,15,19,21,29H,10,12-14,16-17H2,1H3,(H2,26,31)(H,28,30)/t19-,21+,24?/m1/s1. The van der Waals surface area contributed by atoms with E-state index in [1.807, 2.05) is 48.5 Å². The molecule has 0 saturated carbocycles. The zero-order chi connectivity index (χ0) is 22.7. The number of rotatable bonds is 13. The van der Waals surface area contributed by atoms with Gasteiger partial charge in [0.2, 0.25) is 5.91 Å². The lowest BCUT2D eigenvalue weighted by molar-refractivity contribution is -0.131. The first-order valence-electron chi connectivity index (χ1n) is 10.5. The SMILES string of the molecule is CC(F)(CC[C@H](C[C@@H](O)[CH]Cc1ccccc1)C(=O)NCCc1ccccn1)C(N)=O. The van der Waals surface area contributed by atoms with Crippen molar-refractivity contribution in [1.29, 1.82) is 0 Å². The number of carbonyl (C=O) groups excluding carboxylic acids is 2. The van der Waals surface area contributed by atoms with E-state index in [1.54, 1.807) is 12.6 Å². The molecule has 0 saturated heterocycles. The molecule has 1 unspecified atom stereocenters. The van der Waals surface area contributed by atoms with Crippen molar-refractivity contribution in [2.45, 2.75) is 50.8 Å². The van der Waals surface area contributed by atoms with Gasteiger partial charge in [0.1, 0.15) is 0 Å². The van der Waals surface area contributed by atoms with Gasteiger partial charge in [-0.05, 0) is 56.7 Å². The van der Waals surface area contributed by atoms with Gasteiger partial charge in [-0.15, -0.1) is 0 Å². The quantitative estimate of drug-likeness (QED) is 0.456. The largest absolute Gasteiger partial charge is 0.393 e. The van der Waals surface area contributed by atoms with Crippen LogP contribution in [-0.4, -0.2) is 40.2 Å². The molecule has 0 fully saturated rings. The smallest absolute Gasteiger partial charge is 0.254 e. The third-order valence-electron chi connectivity index (χ3n) is 5.25. The number of carbonyl (C=O) groups is 2. The van der Waals surface area contributed by atoms with E-state index in [1.165, 1.54) is 0 Å². The van der Waals surface area contributed by atoms with Gasteiger partial charge in [0.05, 0.1) is 6.10 Å². The molecule has 1 aromatic carbocycles. The Morgan fingerprint density at radius 3 is 2.58 bits per heavy atom. The number of hydrogen-bond acceptors (Lipinski definition) is 4. The average Bonchev–Trinajstić information content (AvgIpc) is 2.76. The number of nitrogens with one attached hydrogen (secondary N) is 1. The molecule has 0 aliphatic rings. The number of aromatic nitrogens is 1. The molecule has 4 N–H and O–H groups in total. The highest BCUT2D eigenvalue weighted by molar-refractivity contribution is 5.83. The molecule has 0 aliphatic heterocycles. The Hall–Kier alpha value is -2.80. The maximum atomic E-state index is 14.3. The molecule has 0 bridgehead atoms. The number of alkyl halides is 1. The molecule has 3 atom stereocenters. The number of nitrogens with zero attached hydrogens (tertiary/aromatic N) is 1. The molecule has 31 heavy (non-hydrogen) atoms. The van der Waals surface area contributed by atoms with Crippen molar-refractivity contribution in [3.05, 3.63) is 72.4 Å². The average molecular weight is 429 g/mol. The molecule has 2 rings (SSSR count). The van der Waals surface area contributed by atoms with E-state index in [-0.39, 0.29) is 25.2 Å². The van der Waals surface area contributed by atoms with E-state index < -0.39 is 23.6 Å². The van der Waals surface area contributed by atoms with Crippen LogP contribution in [0.1, 0.15) is 37.4 Å². The summed E-state index contributed by atoms with van der Waals surface area (Å²) >= 11 is 0. The first-order valence-corrected chi connectivity index (χ1v) is 10.5. The number of hydrogen-bond donors (Lipinski definition) is 3. The maximum Gasteiger partial charge on any atom is 0.254 e. The summed E-state index contributed by atoms with van der Waals surface area (Å²) in [5.41, 5.74) is 4.80. The van der Waals surface area contributed by atoms with Gasteiger partial charge in [0.15, 0.2) is 5.67 Å². The molecule has 0 aliphatic carbocycles. The van der Waals surface area contributed by atoms with Crippen molar-refractivity contribution in [3.8, 4) is 0 Å². The van der Waals surface area contributed by atoms with Gasteiger partial charge in [0.25, 0.3) is 5.91 Å². The van der Waals surface area contributed by atoms with Crippen LogP contribution in [0.25, 0.3) is 0 Å². The second-order valence-electron chi connectivity index (χ2n) is 7.89. The molecule has 6 nitrogen and oxygen atoms in total. The Morgan fingerprint density at radius 2 is 1.94 bits per heavy atom. The van der Waals surface area contributed by atoms with E-state index in [2.05, 4.69) is 10.3 Å². The maximum absolute atomic E-state index is 14.3. The minimum atomic E-state index is -2.20. The Kier molecular flexibility index (Phi) is 9.59. The van der Waals surface area contributed by atoms with Gasteiger partial charge in [-0.3, -0.25) is 14.6 Å². The van der Waals surface area contributed by atoms with Gasteiger partial charge >= 0.3 is 0 Å². The fourth-order valence-electron chi connectivity index (χ4n) is 3.20. The number of halogens is 1. The van der Waals surface area contributed by atoms with Crippen molar-refractivity contribution < 1.29 is 19.1 Å². The lowest BCUT2D eigenvalue weighted by Gasteiger charge is -2.23. The minimum absolute atomic E-state index is 0.0988. The Balaban J connectivity index is 1.92. The predicted octanol–water partition coefficient (Wildman–Crippen LogP) is 2.55. The number of benzene rings is 1. The number of aliphatic hydroxyl groups excluding tert-OH is 1. The topological polar surface area (TPSA) is 105 Å². The molecule has 2 aromatic rings. The van der Waals surface area contributed by atoms with Crippen LogP contribution in [-0.2, 0) is 22.4 Å². The lowest BCUT2D eigenvalue weighted by Crippen LogP contribution is -2.39. The van der Waals surface area contributed by atoms with Crippen molar-refractivity contribution in [1.82, 2.24) is 10.3 Å². The summed E-state index contributed by atoms with van der Waals surface area (Å²) < 4.78 is 14.3. The number of primary amides is 1. The summed E-state index contributed by atoms with van der Waals surface area (Å²) in [4.78, 5) is 28.2. The van der Waals surface area contributed by atoms with Crippen LogP contribution >= 0.6 is 0 Å². The van der Waals surface area contributed by atoms with Gasteiger partial charge in [0, 0.05) is 30.8 Å². The number of amides is 2. The van der Waals surface area contributed by atoms with Crippen LogP contribution in [0.3, 0.4) is 0 Å². The Bertz CT molecular complexity index is 815. The Morgan fingerprint density at radius 1 is 1.23 bits per heavy atom. The molecule has 1 heterocycles. The highest BCUT2D eigenvalue weighted by Crippen LogP contribution is 2.24. The van der Waals surface area contributed by atoms with E-state index in [9.17, 15) is 19.1 Å². The van der Waals surface area contributed by atoms with Crippen LogP contribution in [0, 0.1) is 12.3 Å². The molecule has 1 radical (unpaired) electrons. The van der Waals surface area contributed by atoms with Gasteiger partial charge < -0.3 is 16.2 Å². The minimum Gasteiger partial charge on any atom is -0.393 e. The van der Waals surface area contributed by atoms with E-state index >= 15 is 0 Å². The first kappa shape index (κ1) is 24.5. The van der Waals surface area contributed by atoms with E-state index in [4.69, 9.17) is 5.73 Å². The molecular formula is C24H31FN3O3. The summed E-state index contributed by atoms with van der Waals surface area (Å²) in [5, 5.41) is 13.3. The normalized spacial score (nSPS) is 14.9. The lowest BCUT2D eigenvalue weighted by atomic mass is 9.88. The highest BCUT2D eigenvalue weighted by atomic mass is 19.1. The summed E-state index contributed by atoms with van der Waals surface area (Å²) in [6.45, 7) is 1.49. The summed E-state index contributed by atoms with van der Waals surface area (Å²) in [5.74, 6) is -2.00. The van der Waals surface area contributed by atoms with Crippen LogP contribution in [0.2, 0.25) is 0 Å². The third kappa shape index (κ3) is 8.84. The predicted molar refractivity (Wildman–Crippen MR) is 117 cm³/mol. The summed E-state index contributed by atoms with van der Waals surface area (Å²) in [7, 11) is 0. The molecule has 2 amide bonds. The third-order valence-corrected chi connectivity index (χ3v) is 5.25. The van der Waals surface area contributed by atoms with Crippen molar-refractivity contribution in [2.24, 2.45) is 11.7 Å². The first-order chi connectivity index (χ1) is 14.8. The van der Waals surface area contributed by atoms with Gasteiger partial charge in [-0.25, -0.2) is 4.39 Å². The fourth-order valence-corrected chi connectivity index (χ4v) is 3.20. The molecule has 1 aromatic heterocycles.